The molecule has 0 radical (unpaired) electrons. The number of halogens is 3. The van der Waals surface area contributed by atoms with E-state index in [4.69, 9.17) is 15.2 Å². The molecule has 1 atom stereocenters. The van der Waals surface area contributed by atoms with Gasteiger partial charge >= 0.3 is 6.18 Å². The molecule has 1 aliphatic rings. The van der Waals surface area contributed by atoms with E-state index < -0.39 is 11.9 Å². The Hall–Kier alpha value is -2.81. The maximum Gasteiger partial charge on any atom is 0.431 e. The predicted molar refractivity (Wildman–Crippen MR) is 104 cm³/mol. The van der Waals surface area contributed by atoms with Crippen molar-refractivity contribution < 1.29 is 22.6 Å². The molecule has 1 aliphatic heterocycles. The van der Waals surface area contributed by atoms with E-state index in [9.17, 15) is 13.2 Å². The van der Waals surface area contributed by atoms with Gasteiger partial charge in [0.25, 0.3) is 0 Å². The van der Waals surface area contributed by atoms with Crippen molar-refractivity contribution in [1.29, 1.82) is 0 Å². The second-order valence-electron chi connectivity index (χ2n) is 6.83. The minimum atomic E-state index is -4.42. The minimum absolute atomic E-state index is 0.0294. The summed E-state index contributed by atoms with van der Waals surface area (Å²) >= 11 is 0. The Morgan fingerprint density at radius 1 is 1.28 bits per heavy atom. The predicted octanol–water partition coefficient (Wildman–Crippen LogP) is 4.22. The summed E-state index contributed by atoms with van der Waals surface area (Å²) in [6.07, 6.45) is 0.163. The van der Waals surface area contributed by atoms with Crippen molar-refractivity contribution in [2.75, 3.05) is 26.1 Å². The molecule has 3 heterocycles. The van der Waals surface area contributed by atoms with Crippen LogP contribution in [0.4, 0.5) is 19.0 Å². The molecule has 3 N–H and O–H groups in total. The summed E-state index contributed by atoms with van der Waals surface area (Å²) in [5, 5.41) is 0.180. The number of hydrogen-bond donors (Lipinski definition) is 2. The van der Waals surface area contributed by atoms with E-state index in [2.05, 4.69) is 33.2 Å². The lowest BCUT2D eigenvalue weighted by Crippen LogP contribution is -2.21. The summed E-state index contributed by atoms with van der Waals surface area (Å²) in [5.41, 5.74) is 5.94. The van der Waals surface area contributed by atoms with Crippen LogP contribution in [-0.4, -0.2) is 35.3 Å². The highest BCUT2D eigenvalue weighted by Gasteiger charge is 2.33. The maximum atomic E-state index is 12.2. The number of aromatic amines is 1. The Balaban J connectivity index is 0.000000166. The number of nitrogens with zero attached hydrogens (tertiary/aromatic N) is 2. The largest absolute Gasteiger partial charge is 0.493 e. The Labute approximate surface area is 166 Å². The van der Waals surface area contributed by atoms with E-state index in [0.717, 1.165) is 44.2 Å². The molecular formula is C20H23F3N4O2. The number of methoxy groups -OCH3 is 1. The lowest BCUT2D eigenvalue weighted by atomic mass is 9.93. The number of anilines is 1. The number of nitrogens with two attached hydrogens (primary N) is 1. The highest BCUT2D eigenvalue weighted by atomic mass is 19.4. The summed E-state index contributed by atoms with van der Waals surface area (Å²) < 4.78 is 47.5. The first-order chi connectivity index (χ1) is 13.9. The Bertz CT molecular complexity index is 943. The van der Waals surface area contributed by atoms with Gasteiger partial charge in [0, 0.05) is 13.7 Å². The van der Waals surface area contributed by atoms with Crippen LogP contribution in [0.25, 0.3) is 11.0 Å². The zero-order chi connectivity index (χ0) is 20.9. The zero-order valence-electron chi connectivity index (χ0n) is 16.0. The van der Waals surface area contributed by atoms with Gasteiger partial charge in [-0.2, -0.15) is 13.2 Å². The first kappa shape index (κ1) is 20.9. The molecule has 1 unspecified atom stereocenters. The van der Waals surface area contributed by atoms with E-state index >= 15 is 0 Å². The van der Waals surface area contributed by atoms with Crippen LogP contribution >= 0.6 is 0 Å². The van der Waals surface area contributed by atoms with Crippen LogP contribution in [0.3, 0.4) is 0 Å². The zero-order valence-corrected chi connectivity index (χ0v) is 16.0. The van der Waals surface area contributed by atoms with Gasteiger partial charge < -0.3 is 20.2 Å². The van der Waals surface area contributed by atoms with Crippen molar-refractivity contribution in [3.63, 3.8) is 0 Å². The Morgan fingerprint density at radius 2 is 2.07 bits per heavy atom. The number of nitrogen functional groups attached to an aromatic ring is 1. The monoisotopic (exact) mass is 408 g/mol. The van der Waals surface area contributed by atoms with Gasteiger partial charge in [-0.05, 0) is 42.9 Å². The molecule has 3 aromatic rings. The van der Waals surface area contributed by atoms with Crippen molar-refractivity contribution >= 4 is 16.9 Å². The third-order valence-electron chi connectivity index (χ3n) is 4.68. The summed E-state index contributed by atoms with van der Waals surface area (Å²) in [7, 11) is 1.76. The molecule has 29 heavy (non-hydrogen) atoms. The summed E-state index contributed by atoms with van der Waals surface area (Å²) in [6.45, 7) is 1.72. The van der Waals surface area contributed by atoms with Crippen molar-refractivity contribution in [2.24, 2.45) is 5.92 Å². The first-order valence-electron chi connectivity index (χ1n) is 9.24. The third-order valence-corrected chi connectivity index (χ3v) is 4.68. The summed E-state index contributed by atoms with van der Waals surface area (Å²) in [5.74, 6) is 1.76. The van der Waals surface area contributed by atoms with Crippen molar-refractivity contribution in [3.05, 3.63) is 47.9 Å². The number of benzene rings is 1. The van der Waals surface area contributed by atoms with Crippen LogP contribution in [0.1, 0.15) is 24.1 Å². The van der Waals surface area contributed by atoms with E-state index in [0.29, 0.717) is 5.92 Å². The fourth-order valence-corrected chi connectivity index (χ4v) is 3.20. The fraction of sp³-hybridized carbons (Fsp3) is 0.400. The number of hydrogen-bond acceptors (Lipinski definition) is 5. The molecule has 0 spiro atoms. The van der Waals surface area contributed by atoms with Crippen molar-refractivity contribution in [2.45, 2.75) is 25.4 Å². The topological polar surface area (TPSA) is 86.1 Å². The number of nitrogens with one attached hydrogen (secondary N) is 1. The van der Waals surface area contributed by atoms with Gasteiger partial charge in [0.05, 0.1) is 12.0 Å². The lowest BCUT2D eigenvalue weighted by molar-refractivity contribution is -0.140. The summed E-state index contributed by atoms with van der Waals surface area (Å²) in [6, 6.07) is 9.23. The summed E-state index contributed by atoms with van der Waals surface area (Å²) in [4.78, 5) is 9.33. The highest BCUT2D eigenvalue weighted by molar-refractivity contribution is 5.86. The standard InChI is InChI=1S/C13H18O2.C7H5F3N4/c1-14-8-4-5-11-9-12-6-2-3-7-13(12)15-10-11;8-7(9,10)4-1-3-5(11)12-2-13-6(3)14-4/h2-3,6-7,11H,4-5,8-10H2,1H3;1-2H,(H3,11,12,13,14). The Kier molecular flexibility index (Phi) is 6.58. The van der Waals surface area contributed by atoms with Crippen LogP contribution in [0.5, 0.6) is 5.75 Å². The minimum Gasteiger partial charge on any atom is -0.493 e. The van der Waals surface area contributed by atoms with Gasteiger partial charge in [-0.15, -0.1) is 0 Å². The molecule has 0 fully saturated rings. The number of aromatic nitrogens is 3. The van der Waals surface area contributed by atoms with Crippen molar-refractivity contribution in [3.8, 4) is 5.75 Å². The average Bonchev–Trinajstić information content (AvgIpc) is 3.15. The van der Waals surface area contributed by atoms with Gasteiger partial charge in [0.15, 0.2) is 0 Å². The smallest absolute Gasteiger partial charge is 0.431 e. The van der Waals surface area contributed by atoms with Crippen molar-refractivity contribution in [1.82, 2.24) is 15.0 Å². The number of para-hydroxylation sites is 1. The molecule has 6 nitrogen and oxygen atoms in total. The second kappa shape index (κ2) is 9.13. The molecule has 9 heteroatoms. The number of fused-ring (bicyclic) bond motifs is 2. The lowest BCUT2D eigenvalue weighted by Gasteiger charge is -2.25. The number of H-pyrrole nitrogens is 1. The molecule has 156 valence electrons. The number of rotatable bonds is 4. The maximum absolute atomic E-state index is 12.2. The molecular weight excluding hydrogens is 385 g/mol. The SMILES string of the molecule is COCCCC1COc2ccccc2C1.Nc1ncnc2[nH]c(C(F)(F)F)cc12. The van der Waals surface area contributed by atoms with E-state index in [1.165, 1.54) is 12.0 Å². The highest BCUT2D eigenvalue weighted by Crippen LogP contribution is 2.31. The molecule has 0 saturated carbocycles. The molecule has 0 aliphatic carbocycles. The molecule has 0 amide bonds. The van der Waals surface area contributed by atoms with Crippen LogP contribution in [-0.2, 0) is 17.3 Å². The average molecular weight is 408 g/mol. The number of ether oxygens (including phenoxy) is 2. The van der Waals surface area contributed by atoms with E-state index in [1.54, 1.807) is 7.11 Å². The van der Waals surface area contributed by atoms with Gasteiger partial charge in [0.2, 0.25) is 0 Å². The normalized spacial score (nSPS) is 15.9. The van der Waals surface area contributed by atoms with Gasteiger partial charge in [-0.25, -0.2) is 9.97 Å². The Morgan fingerprint density at radius 3 is 2.79 bits per heavy atom. The first-order valence-corrected chi connectivity index (χ1v) is 9.24. The fourth-order valence-electron chi connectivity index (χ4n) is 3.20. The second-order valence-corrected chi connectivity index (χ2v) is 6.83. The van der Waals surface area contributed by atoms with Crippen LogP contribution in [0.15, 0.2) is 36.7 Å². The molecule has 4 rings (SSSR count). The molecule has 1 aromatic carbocycles. The van der Waals surface area contributed by atoms with Gasteiger partial charge in [-0.1, -0.05) is 18.2 Å². The van der Waals surface area contributed by atoms with Crippen LogP contribution < -0.4 is 10.5 Å². The van der Waals surface area contributed by atoms with Gasteiger partial charge in [0.1, 0.15) is 29.2 Å². The third kappa shape index (κ3) is 5.38. The van der Waals surface area contributed by atoms with Crippen LogP contribution in [0, 0.1) is 5.92 Å². The van der Waals surface area contributed by atoms with Gasteiger partial charge in [-0.3, -0.25) is 0 Å². The van der Waals surface area contributed by atoms with E-state index in [1.807, 2.05) is 6.07 Å². The molecule has 0 bridgehead atoms. The quantitative estimate of drug-likeness (QED) is 0.631. The van der Waals surface area contributed by atoms with E-state index in [-0.39, 0.29) is 16.9 Å². The molecule has 0 saturated heterocycles. The number of alkyl halides is 3. The molecule has 2 aromatic heterocycles. The van der Waals surface area contributed by atoms with Crippen LogP contribution in [0.2, 0.25) is 0 Å².